The second-order valence-corrected chi connectivity index (χ2v) is 7.68. The fourth-order valence-corrected chi connectivity index (χ4v) is 3.10. The van der Waals surface area contributed by atoms with Gasteiger partial charge in [-0.2, -0.15) is 5.26 Å². The van der Waals surface area contributed by atoms with Crippen molar-refractivity contribution in [3.05, 3.63) is 75.8 Å². The van der Waals surface area contributed by atoms with E-state index in [1.54, 1.807) is 48.5 Å². The Balaban J connectivity index is 1.91. The standard InChI is InChI=1S/C23H21ClN4O2/c1-14(2)11-12-26-23(30)19(13-25)20-17-5-3-4-6-18(17)21(27-20)28-22(29)15-7-9-16(24)10-8-15/h3-10,14H,11-12H2,1-2H3,(H,26,30)(H,27,28,29). The van der Waals surface area contributed by atoms with Crippen molar-refractivity contribution in [1.29, 1.82) is 5.26 Å². The van der Waals surface area contributed by atoms with Gasteiger partial charge in [-0.25, -0.2) is 4.99 Å². The first kappa shape index (κ1) is 21.3. The van der Waals surface area contributed by atoms with Gasteiger partial charge in [0.25, 0.3) is 11.8 Å². The van der Waals surface area contributed by atoms with E-state index in [1.165, 1.54) is 0 Å². The molecule has 0 unspecified atom stereocenters. The van der Waals surface area contributed by atoms with Crippen molar-refractivity contribution in [2.75, 3.05) is 6.54 Å². The van der Waals surface area contributed by atoms with Crippen LogP contribution in [0, 0.1) is 17.2 Å². The minimum Gasteiger partial charge on any atom is -0.351 e. The number of nitriles is 1. The van der Waals surface area contributed by atoms with Crippen molar-refractivity contribution in [2.45, 2.75) is 20.3 Å². The molecule has 0 spiro atoms. The van der Waals surface area contributed by atoms with Gasteiger partial charge in [0.1, 0.15) is 17.5 Å². The number of amidine groups is 1. The van der Waals surface area contributed by atoms with Crippen molar-refractivity contribution in [3.63, 3.8) is 0 Å². The molecule has 1 heterocycles. The fraction of sp³-hybridized carbons (Fsp3) is 0.217. The number of carbonyl (C=O) groups excluding carboxylic acids is 2. The minimum atomic E-state index is -0.475. The van der Waals surface area contributed by atoms with E-state index in [0.29, 0.717) is 40.0 Å². The average Bonchev–Trinajstić information content (AvgIpc) is 3.07. The maximum absolute atomic E-state index is 12.6. The Morgan fingerprint density at radius 2 is 1.77 bits per heavy atom. The zero-order valence-electron chi connectivity index (χ0n) is 16.7. The first-order valence-electron chi connectivity index (χ1n) is 9.58. The molecule has 2 amide bonds. The van der Waals surface area contributed by atoms with Crippen LogP contribution in [0.15, 0.2) is 59.1 Å². The SMILES string of the molecule is CC(C)CCNC(=O)C(C#N)=C1N=C(NC(=O)c2ccc(Cl)cc2)c2ccccc21. The van der Waals surface area contributed by atoms with Gasteiger partial charge in [-0.15, -0.1) is 0 Å². The maximum Gasteiger partial charge on any atom is 0.264 e. The Hall–Kier alpha value is -3.43. The zero-order chi connectivity index (χ0) is 21.7. The molecular formula is C23H21ClN4O2. The lowest BCUT2D eigenvalue weighted by Crippen LogP contribution is -2.30. The fourth-order valence-electron chi connectivity index (χ4n) is 2.97. The summed E-state index contributed by atoms with van der Waals surface area (Å²) >= 11 is 5.88. The molecule has 0 saturated heterocycles. The van der Waals surface area contributed by atoms with Crippen LogP contribution < -0.4 is 10.6 Å². The van der Waals surface area contributed by atoms with Crippen molar-refractivity contribution < 1.29 is 9.59 Å². The summed E-state index contributed by atoms with van der Waals surface area (Å²) < 4.78 is 0. The van der Waals surface area contributed by atoms with Gasteiger partial charge in [-0.3, -0.25) is 9.59 Å². The molecule has 2 N–H and O–H groups in total. The van der Waals surface area contributed by atoms with Crippen LogP contribution in [0.3, 0.4) is 0 Å². The lowest BCUT2D eigenvalue weighted by molar-refractivity contribution is -0.117. The van der Waals surface area contributed by atoms with Gasteiger partial charge in [0.05, 0.1) is 5.70 Å². The molecule has 30 heavy (non-hydrogen) atoms. The summed E-state index contributed by atoms with van der Waals surface area (Å²) in [4.78, 5) is 29.6. The van der Waals surface area contributed by atoms with Crippen LogP contribution in [0.25, 0.3) is 5.70 Å². The summed E-state index contributed by atoms with van der Waals surface area (Å²) in [6.07, 6.45) is 0.808. The number of nitrogens with zero attached hydrogens (tertiary/aromatic N) is 2. The molecular weight excluding hydrogens is 400 g/mol. The lowest BCUT2D eigenvalue weighted by Gasteiger charge is -2.07. The summed E-state index contributed by atoms with van der Waals surface area (Å²) in [5.74, 6) is -0.106. The van der Waals surface area contributed by atoms with E-state index < -0.39 is 5.91 Å². The first-order valence-corrected chi connectivity index (χ1v) is 9.96. The number of hydrogen-bond acceptors (Lipinski definition) is 4. The summed E-state index contributed by atoms with van der Waals surface area (Å²) in [7, 11) is 0. The van der Waals surface area contributed by atoms with Crippen LogP contribution >= 0.6 is 11.6 Å². The number of halogens is 1. The molecule has 0 atom stereocenters. The van der Waals surface area contributed by atoms with Gasteiger partial charge in [0.2, 0.25) is 0 Å². The lowest BCUT2D eigenvalue weighted by atomic mass is 10.0. The quantitative estimate of drug-likeness (QED) is 0.566. The van der Waals surface area contributed by atoms with Crippen LogP contribution in [-0.2, 0) is 4.79 Å². The summed E-state index contributed by atoms with van der Waals surface area (Å²) in [6.45, 7) is 4.59. The number of benzene rings is 2. The highest BCUT2D eigenvalue weighted by atomic mass is 35.5. The molecule has 0 radical (unpaired) electrons. The van der Waals surface area contributed by atoms with Crippen molar-refractivity contribution in [1.82, 2.24) is 10.6 Å². The summed E-state index contributed by atoms with van der Waals surface area (Å²) in [5.41, 5.74) is 1.87. The van der Waals surface area contributed by atoms with Crippen molar-refractivity contribution in [2.24, 2.45) is 10.9 Å². The number of nitrogens with one attached hydrogen (secondary N) is 2. The van der Waals surface area contributed by atoms with Gasteiger partial charge in [-0.05, 0) is 36.6 Å². The van der Waals surface area contributed by atoms with E-state index in [4.69, 9.17) is 11.6 Å². The molecule has 0 aromatic heterocycles. The molecule has 0 saturated carbocycles. The van der Waals surface area contributed by atoms with Crippen molar-refractivity contribution in [3.8, 4) is 6.07 Å². The topological polar surface area (TPSA) is 94.3 Å². The molecule has 0 fully saturated rings. The largest absolute Gasteiger partial charge is 0.351 e. The maximum atomic E-state index is 12.6. The van der Waals surface area contributed by atoms with Gasteiger partial charge >= 0.3 is 0 Å². The molecule has 0 bridgehead atoms. The highest BCUT2D eigenvalue weighted by Gasteiger charge is 2.27. The Morgan fingerprint density at radius 3 is 2.40 bits per heavy atom. The number of amides is 2. The Kier molecular flexibility index (Phi) is 6.65. The monoisotopic (exact) mass is 420 g/mol. The number of fused-ring (bicyclic) bond motifs is 1. The van der Waals surface area contributed by atoms with Gasteiger partial charge in [0, 0.05) is 28.3 Å². The third-order valence-corrected chi connectivity index (χ3v) is 4.83. The molecule has 0 aliphatic carbocycles. The van der Waals surface area contributed by atoms with Crippen LogP contribution in [0.2, 0.25) is 5.02 Å². The second kappa shape index (κ2) is 9.38. The predicted octanol–water partition coefficient (Wildman–Crippen LogP) is 3.93. The molecule has 3 rings (SSSR count). The van der Waals surface area contributed by atoms with E-state index >= 15 is 0 Å². The Bertz CT molecular complexity index is 1080. The zero-order valence-corrected chi connectivity index (χ0v) is 17.5. The Labute approximate surface area is 180 Å². The van der Waals surface area contributed by atoms with Crippen LogP contribution in [0.5, 0.6) is 0 Å². The van der Waals surface area contributed by atoms with E-state index in [-0.39, 0.29) is 17.2 Å². The number of rotatable bonds is 5. The molecule has 2 aromatic rings. The average molecular weight is 421 g/mol. The van der Waals surface area contributed by atoms with E-state index in [0.717, 1.165) is 6.42 Å². The van der Waals surface area contributed by atoms with Crippen molar-refractivity contribution >= 4 is 34.9 Å². The number of aliphatic imine (C=N–C) groups is 1. The Morgan fingerprint density at radius 1 is 1.10 bits per heavy atom. The first-order chi connectivity index (χ1) is 14.4. The molecule has 6 nitrogen and oxygen atoms in total. The third-order valence-electron chi connectivity index (χ3n) is 4.58. The van der Waals surface area contributed by atoms with Crippen LogP contribution in [-0.4, -0.2) is 24.2 Å². The van der Waals surface area contributed by atoms with E-state index in [9.17, 15) is 14.9 Å². The molecule has 152 valence electrons. The van der Waals surface area contributed by atoms with Crippen LogP contribution in [0.1, 0.15) is 41.8 Å². The summed E-state index contributed by atoms with van der Waals surface area (Å²) in [5, 5.41) is 15.7. The predicted molar refractivity (Wildman–Crippen MR) is 117 cm³/mol. The molecule has 7 heteroatoms. The van der Waals surface area contributed by atoms with E-state index in [2.05, 4.69) is 29.5 Å². The second-order valence-electron chi connectivity index (χ2n) is 7.24. The number of hydrogen-bond donors (Lipinski definition) is 2. The molecule has 1 aliphatic rings. The van der Waals surface area contributed by atoms with Gasteiger partial charge in [-0.1, -0.05) is 49.7 Å². The summed E-state index contributed by atoms with van der Waals surface area (Å²) in [6, 6.07) is 15.6. The normalized spacial score (nSPS) is 13.9. The molecule has 2 aromatic carbocycles. The minimum absolute atomic E-state index is 0.0815. The van der Waals surface area contributed by atoms with E-state index in [1.807, 2.05) is 6.07 Å². The number of carbonyl (C=O) groups is 2. The van der Waals surface area contributed by atoms with Crippen LogP contribution in [0.4, 0.5) is 0 Å². The highest BCUT2D eigenvalue weighted by molar-refractivity contribution is 6.30. The third kappa shape index (κ3) is 4.76. The smallest absolute Gasteiger partial charge is 0.264 e. The molecule has 1 aliphatic heterocycles. The van der Waals surface area contributed by atoms with Gasteiger partial charge in [0.15, 0.2) is 0 Å². The van der Waals surface area contributed by atoms with Gasteiger partial charge < -0.3 is 10.6 Å². The highest BCUT2D eigenvalue weighted by Crippen LogP contribution is 2.30.